The van der Waals surface area contributed by atoms with E-state index in [2.05, 4.69) is 0 Å². The molecule has 5 aromatic rings. The Bertz CT molecular complexity index is 1170. The van der Waals surface area contributed by atoms with E-state index < -0.39 is 0 Å². The minimum Gasteiger partial charge on any atom is -0.206 e. The van der Waals surface area contributed by atoms with Crippen LogP contribution in [0.2, 0.25) is 0 Å². The second-order valence-electron chi connectivity index (χ2n) is 6.07. The third-order valence-electron chi connectivity index (χ3n) is 4.75. The van der Waals surface area contributed by atoms with Crippen molar-refractivity contribution in [2.24, 2.45) is 0 Å². The Kier molecular flexibility index (Phi) is 2.66. The van der Waals surface area contributed by atoms with Gasteiger partial charge in [0.25, 0.3) is 0 Å². The lowest BCUT2D eigenvalue weighted by molar-refractivity contribution is 0.633. The third kappa shape index (κ3) is 1.71. The van der Waals surface area contributed by atoms with Gasteiger partial charge in [0, 0.05) is 10.8 Å². The largest absolute Gasteiger partial charge is 0.206 e. The van der Waals surface area contributed by atoms with Crippen molar-refractivity contribution in [1.29, 1.82) is 0 Å². The second-order valence-corrected chi connectivity index (χ2v) is 6.07. The molecular formula is C22H12F2. The monoisotopic (exact) mass is 314 g/mol. The average Bonchev–Trinajstić information content (AvgIpc) is 2.61. The smallest absolute Gasteiger partial charge is 0.132 e. The molecule has 0 saturated heterocycles. The molecule has 0 aliphatic heterocycles. The molecule has 0 amide bonds. The van der Waals surface area contributed by atoms with Crippen molar-refractivity contribution in [2.75, 3.05) is 0 Å². The van der Waals surface area contributed by atoms with Crippen molar-refractivity contribution in [3.8, 4) is 0 Å². The number of rotatable bonds is 0. The summed E-state index contributed by atoms with van der Waals surface area (Å²) in [5.74, 6) is -0.771. The third-order valence-corrected chi connectivity index (χ3v) is 4.75. The molecular weight excluding hydrogens is 302 g/mol. The van der Waals surface area contributed by atoms with Crippen LogP contribution in [0.25, 0.3) is 43.1 Å². The maximum atomic E-state index is 14.9. The number of benzene rings is 5. The zero-order valence-electron chi connectivity index (χ0n) is 12.7. The molecule has 24 heavy (non-hydrogen) atoms. The summed E-state index contributed by atoms with van der Waals surface area (Å²) >= 11 is 0. The van der Waals surface area contributed by atoms with E-state index >= 15 is 0 Å². The summed E-state index contributed by atoms with van der Waals surface area (Å²) in [6, 6.07) is 22.0. The maximum absolute atomic E-state index is 14.9. The Labute approximate surface area is 136 Å². The highest BCUT2D eigenvalue weighted by Gasteiger charge is 2.15. The fourth-order valence-corrected chi connectivity index (χ4v) is 3.70. The Morgan fingerprint density at radius 2 is 0.875 bits per heavy atom. The highest BCUT2D eigenvalue weighted by molar-refractivity contribution is 6.22. The molecule has 0 atom stereocenters. The summed E-state index contributed by atoms with van der Waals surface area (Å²) in [4.78, 5) is 0. The Hall–Kier alpha value is -3.00. The van der Waals surface area contributed by atoms with Crippen LogP contribution < -0.4 is 0 Å². The fraction of sp³-hybridized carbons (Fsp3) is 0. The van der Waals surface area contributed by atoms with E-state index in [0.717, 1.165) is 32.3 Å². The van der Waals surface area contributed by atoms with E-state index in [1.54, 1.807) is 0 Å². The van der Waals surface area contributed by atoms with Crippen LogP contribution in [0.15, 0.2) is 72.8 Å². The van der Waals surface area contributed by atoms with Gasteiger partial charge >= 0.3 is 0 Å². The summed E-state index contributed by atoms with van der Waals surface area (Å²) in [7, 11) is 0. The Morgan fingerprint density at radius 3 is 1.33 bits per heavy atom. The number of hydrogen-bond donors (Lipinski definition) is 0. The minimum atomic E-state index is -0.386. The lowest BCUT2D eigenvalue weighted by Crippen LogP contribution is -1.90. The molecule has 0 aliphatic carbocycles. The van der Waals surface area contributed by atoms with Gasteiger partial charge in [-0.05, 0) is 44.5 Å². The van der Waals surface area contributed by atoms with Crippen LogP contribution >= 0.6 is 0 Å². The van der Waals surface area contributed by atoms with Crippen molar-refractivity contribution in [3.63, 3.8) is 0 Å². The van der Waals surface area contributed by atoms with Gasteiger partial charge in [0.1, 0.15) is 11.6 Å². The highest BCUT2D eigenvalue weighted by Crippen LogP contribution is 2.37. The van der Waals surface area contributed by atoms with Crippen molar-refractivity contribution in [3.05, 3.63) is 84.4 Å². The first-order chi connectivity index (χ1) is 11.7. The molecule has 114 valence electrons. The van der Waals surface area contributed by atoms with Crippen molar-refractivity contribution < 1.29 is 8.78 Å². The SMILES string of the molecule is Fc1cc2ccccc2c2ccc3c4ccccc4cc(F)c3c12. The maximum Gasteiger partial charge on any atom is 0.132 e. The van der Waals surface area contributed by atoms with Gasteiger partial charge in [-0.25, -0.2) is 8.78 Å². The number of hydrogen-bond acceptors (Lipinski definition) is 0. The summed E-state index contributed by atoms with van der Waals surface area (Å²) in [6.07, 6.45) is 0. The summed E-state index contributed by atoms with van der Waals surface area (Å²) in [5, 5.41) is 5.71. The topological polar surface area (TPSA) is 0 Å². The van der Waals surface area contributed by atoms with Gasteiger partial charge in [-0.3, -0.25) is 0 Å². The Balaban J connectivity index is 2.12. The van der Waals surface area contributed by atoms with Gasteiger partial charge in [-0.2, -0.15) is 0 Å². The first-order valence-electron chi connectivity index (χ1n) is 7.85. The molecule has 0 aromatic heterocycles. The molecule has 0 spiro atoms. The van der Waals surface area contributed by atoms with Crippen LogP contribution in [0.1, 0.15) is 0 Å². The van der Waals surface area contributed by atoms with Crippen LogP contribution in [0.4, 0.5) is 8.78 Å². The molecule has 0 N–H and O–H groups in total. The summed E-state index contributed by atoms with van der Waals surface area (Å²) in [5.41, 5.74) is 0. The second kappa shape index (κ2) is 4.75. The van der Waals surface area contributed by atoms with Gasteiger partial charge in [0.2, 0.25) is 0 Å². The van der Waals surface area contributed by atoms with Crippen LogP contribution in [-0.2, 0) is 0 Å². The van der Waals surface area contributed by atoms with E-state index in [0.29, 0.717) is 10.8 Å². The van der Waals surface area contributed by atoms with Gasteiger partial charge in [0.05, 0.1) is 0 Å². The lowest BCUT2D eigenvalue weighted by Gasteiger charge is -2.11. The zero-order valence-corrected chi connectivity index (χ0v) is 12.7. The van der Waals surface area contributed by atoms with Crippen molar-refractivity contribution in [1.82, 2.24) is 0 Å². The van der Waals surface area contributed by atoms with E-state index in [4.69, 9.17) is 0 Å². The van der Waals surface area contributed by atoms with E-state index in [9.17, 15) is 8.78 Å². The average molecular weight is 314 g/mol. The summed E-state index contributed by atoms with van der Waals surface area (Å²) < 4.78 is 29.7. The molecule has 0 unspecified atom stereocenters. The van der Waals surface area contributed by atoms with Gasteiger partial charge in [-0.1, -0.05) is 60.7 Å². The first kappa shape index (κ1) is 13.4. The normalized spacial score (nSPS) is 11.8. The predicted molar refractivity (Wildman–Crippen MR) is 96.4 cm³/mol. The molecule has 5 rings (SSSR count). The molecule has 0 nitrogen and oxygen atoms in total. The van der Waals surface area contributed by atoms with Crippen molar-refractivity contribution >= 4 is 43.1 Å². The van der Waals surface area contributed by atoms with E-state index in [1.807, 2.05) is 60.7 Å². The van der Waals surface area contributed by atoms with Crippen LogP contribution in [0, 0.1) is 11.6 Å². The number of fused-ring (bicyclic) bond motifs is 7. The first-order valence-corrected chi connectivity index (χ1v) is 7.85. The molecule has 0 aliphatic rings. The molecule has 2 heteroatoms. The lowest BCUT2D eigenvalue weighted by atomic mass is 9.93. The molecule has 0 heterocycles. The van der Waals surface area contributed by atoms with Crippen LogP contribution in [0.5, 0.6) is 0 Å². The van der Waals surface area contributed by atoms with E-state index in [1.165, 1.54) is 12.1 Å². The Morgan fingerprint density at radius 1 is 0.458 bits per heavy atom. The molecule has 5 aromatic carbocycles. The molecule has 0 bridgehead atoms. The van der Waals surface area contributed by atoms with Crippen LogP contribution in [0.3, 0.4) is 0 Å². The molecule has 0 radical (unpaired) electrons. The van der Waals surface area contributed by atoms with Crippen molar-refractivity contribution in [2.45, 2.75) is 0 Å². The minimum absolute atomic E-state index is 0.356. The predicted octanol–water partition coefficient (Wildman–Crippen LogP) is 6.58. The zero-order chi connectivity index (χ0) is 16.3. The molecule has 0 saturated carbocycles. The van der Waals surface area contributed by atoms with Gasteiger partial charge in [-0.15, -0.1) is 0 Å². The summed E-state index contributed by atoms with van der Waals surface area (Å²) in [6.45, 7) is 0. The van der Waals surface area contributed by atoms with Gasteiger partial charge < -0.3 is 0 Å². The van der Waals surface area contributed by atoms with Gasteiger partial charge in [0.15, 0.2) is 0 Å². The fourth-order valence-electron chi connectivity index (χ4n) is 3.70. The van der Waals surface area contributed by atoms with E-state index in [-0.39, 0.29) is 11.6 Å². The quantitative estimate of drug-likeness (QED) is 0.283. The number of halogens is 2. The standard InChI is InChI=1S/C22H12F2/c23-19-11-13-5-1-3-7-15(13)17-9-10-18-16-8-4-2-6-14(16)12-20(24)22(18)21(17)19/h1-12H. The van der Waals surface area contributed by atoms with Crippen LogP contribution in [-0.4, -0.2) is 0 Å². The highest BCUT2D eigenvalue weighted by atomic mass is 19.1. The molecule has 0 fully saturated rings.